The number of alkyl halides is 1. The summed E-state index contributed by atoms with van der Waals surface area (Å²) in [6.45, 7) is 2.36. The van der Waals surface area contributed by atoms with Gasteiger partial charge in [-0.25, -0.2) is 0 Å². The summed E-state index contributed by atoms with van der Waals surface area (Å²) in [4.78, 5) is 0. The largest absolute Gasteiger partial charge is 0.381 e. The zero-order valence-corrected chi connectivity index (χ0v) is 7.94. The molecule has 0 spiro atoms. The number of hydrogen-bond acceptors (Lipinski definition) is 2. The summed E-state index contributed by atoms with van der Waals surface area (Å²) >= 11 is 0. The molecule has 1 N–H and O–H groups in total. The molecule has 0 aromatic heterocycles. The van der Waals surface area contributed by atoms with E-state index in [1.54, 1.807) is 0 Å². The van der Waals surface area contributed by atoms with Gasteiger partial charge in [-0.1, -0.05) is 0 Å². The lowest BCUT2D eigenvalue weighted by atomic mass is 10.3. The van der Waals surface area contributed by atoms with Gasteiger partial charge in [-0.2, -0.15) is 0 Å². The van der Waals surface area contributed by atoms with Crippen LogP contribution in [0.15, 0.2) is 0 Å². The molecule has 0 aliphatic carbocycles. The molecule has 0 aliphatic heterocycles. The zero-order valence-electron chi connectivity index (χ0n) is 7.94. The third-order valence-corrected chi connectivity index (χ3v) is 1.64. The molecule has 0 aromatic carbocycles. The van der Waals surface area contributed by atoms with Crippen LogP contribution in [-0.4, -0.2) is 33.5 Å². The lowest BCUT2D eigenvalue weighted by Crippen LogP contribution is -2.08. The number of nitrogens with one attached hydrogen (secondary N) is 1. The molecule has 0 atom stereocenters. The van der Waals surface area contributed by atoms with Gasteiger partial charge in [-0.05, 0) is 39.3 Å². The van der Waals surface area contributed by atoms with Crippen LogP contribution in [0.2, 0.25) is 0 Å². The van der Waals surface area contributed by atoms with Crippen molar-refractivity contribution in [2.75, 3.05) is 33.5 Å². The van der Waals surface area contributed by atoms with Gasteiger partial charge in [0.05, 0.1) is 6.67 Å². The Morgan fingerprint density at radius 1 is 1.08 bits per heavy atom. The smallest absolute Gasteiger partial charge is 0.0895 e. The molecule has 0 rings (SSSR count). The third kappa shape index (κ3) is 9.85. The van der Waals surface area contributed by atoms with Crippen molar-refractivity contribution in [3.05, 3.63) is 0 Å². The van der Waals surface area contributed by atoms with E-state index in [0.717, 1.165) is 32.4 Å². The summed E-state index contributed by atoms with van der Waals surface area (Å²) in [6.07, 6.45) is 3.73. The van der Waals surface area contributed by atoms with E-state index in [2.05, 4.69) is 5.32 Å². The molecule has 0 unspecified atom stereocenters. The Hall–Kier alpha value is -0.150. The van der Waals surface area contributed by atoms with E-state index in [9.17, 15) is 4.39 Å². The molecule has 2 nitrogen and oxygen atoms in total. The highest BCUT2D eigenvalue weighted by atomic mass is 19.1. The topological polar surface area (TPSA) is 21.3 Å². The van der Waals surface area contributed by atoms with Gasteiger partial charge in [0.1, 0.15) is 0 Å². The molecule has 0 bridgehead atoms. The fraction of sp³-hybridized carbons (Fsp3) is 1.00. The van der Waals surface area contributed by atoms with Crippen LogP contribution in [0.25, 0.3) is 0 Å². The van der Waals surface area contributed by atoms with E-state index in [0.29, 0.717) is 13.0 Å². The van der Waals surface area contributed by atoms with E-state index < -0.39 is 0 Å². The van der Waals surface area contributed by atoms with Gasteiger partial charge in [-0.3, -0.25) is 4.39 Å². The molecule has 74 valence electrons. The first-order valence-electron chi connectivity index (χ1n) is 4.70. The highest BCUT2D eigenvalue weighted by Gasteiger charge is 1.89. The monoisotopic (exact) mass is 177 g/mol. The minimum Gasteiger partial charge on any atom is -0.381 e. The van der Waals surface area contributed by atoms with Crippen molar-refractivity contribution in [1.82, 2.24) is 5.32 Å². The van der Waals surface area contributed by atoms with Gasteiger partial charge < -0.3 is 10.1 Å². The summed E-state index contributed by atoms with van der Waals surface area (Å²) in [5.41, 5.74) is 0. The SMILES string of the molecule is CNCCCCOCCCCF. The molecule has 0 heterocycles. The van der Waals surface area contributed by atoms with Crippen molar-refractivity contribution in [1.29, 1.82) is 0 Å². The van der Waals surface area contributed by atoms with E-state index in [4.69, 9.17) is 4.74 Å². The van der Waals surface area contributed by atoms with E-state index in [1.807, 2.05) is 7.05 Å². The fourth-order valence-electron chi connectivity index (χ4n) is 0.907. The molecular weight excluding hydrogens is 157 g/mol. The predicted molar refractivity (Wildman–Crippen MR) is 49.2 cm³/mol. The summed E-state index contributed by atoms with van der Waals surface area (Å²) in [7, 11) is 1.95. The first-order chi connectivity index (χ1) is 5.91. The fourth-order valence-corrected chi connectivity index (χ4v) is 0.907. The van der Waals surface area contributed by atoms with Crippen molar-refractivity contribution >= 4 is 0 Å². The van der Waals surface area contributed by atoms with Crippen molar-refractivity contribution < 1.29 is 9.13 Å². The second kappa shape index (κ2) is 10.8. The summed E-state index contributed by atoms with van der Waals surface area (Å²) in [6, 6.07) is 0. The molecule has 0 fully saturated rings. The lowest BCUT2D eigenvalue weighted by Gasteiger charge is -2.02. The first-order valence-corrected chi connectivity index (χ1v) is 4.70. The average molecular weight is 177 g/mol. The Balaban J connectivity index is 2.73. The van der Waals surface area contributed by atoms with E-state index in [1.165, 1.54) is 0 Å². The Morgan fingerprint density at radius 3 is 2.33 bits per heavy atom. The van der Waals surface area contributed by atoms with Crippen molar-refractivity contribution in [3.63, 3.8) is 0 Å². The second-order valence-electron chi connectivity index (χ2n) is 2.82. The van der Waals surface area contributed by atoms with Gasteiger partial charge in [0.25, 0.3) is 0 Å². The molecule has 0 aliphatic rings. The summed E-state index contributed by atoms with van der Waals surface area (Å²) < 4.78 is 16.9. The maximum absolute atomic E-state index is 11.6. The Morgan fingerprint density at radius 2 is 1.75 bits per heavy atom. The highest BCUT2D eigenvalue weighted by Crippen LogP contribution is 1.93. The number of ether oxygens (including phenoxy) is 1. The van der Waals surface area contributed by atoms with E-state index in [-0.39, 0.29) is 6.67 Å². The first kappa shape index (κ1) is 11.8. The predicted octanol–water partition coefficient (Wildman–Crippen LogP) is 1.75. The number of rotatable bonds is 9. The van der Waals surface area contributed by atoms with Gasteiger partial charge in [-0.15, -0.1) is 0 Å². The second-order valence-corrected chi connectivity index (χ2v) is 2.82. The third-order valence-electron chi connectivity index (χ3n) is 1.64. The molecule has 0 amide bonds. The minimum atomic E-state index is -0.219. The van der Waals surface area contributed by atoms with Crippen LogP contribution in [0.1, 0.15) is 25.7 Å². The van der Waals surface area contributed by atoms with Crippen LogP contribution >= 0.6 is 0 Å². The molecule has 0 saturated carbocycles. The van der Waals surface area contributed by atoms with E-state index >= 15 is 0 Å². The molecular formula is C9H20FNO. The van der Waals surface area contributed by atoms with Crippen LogP contribution in [0, 0.1) is 0 Å². The van der Waals surface area contributed by atoms with Gasteiger partial charge in [0.2, 0.25) is 0 Å². The van der Waals surface area contributed by atoms with Crippen LogP contribution in [0.5, 0.6) is 0 Å². The molecule has 12 heavy (non-hydrogen) atoms. The molecule has 0 aromatic rings. The Bertz CT molecular complexity index is 70.9. The van der Waals surface area contributed by atoms with Crippen LogP contribution in [0.4, 0.5) is 4.39 Å². The summed E-state index contributed by atoms with van der Waals surface area (Å²) in [5.74, 6) is 0. The summed E-state index contributed by atoms with van der Waals surface area (Å²) in [5, 5.41) is 3.07. The number of unbranched alkanes of at least 4 members (excludes halogenated alkanes) is 2. The Kier molecular flexibility index (Phi) is 10.7. The number of hydrogen-bond donors (Lipinski definition) is 1. The van der Waals surface area contributed by atoms with Gasteiger partial charge >= 0.3 is 0 Å². The van der Waals surface area contributed by atoms with Crippen molar-refractivity contribution in [2.45, 2.75) is 25.7 Å². The lowest BCUT2D eigenvalue weighted by molar-refractivity contribution is 0.125. The molecule has 0 radical (unpaired) electrons. The van der Waals surface area contributed by atoms with Crippen LogP contribution in [-0.2, 0) is 4.74 Å². The Labute approximate surface area is 74.5 Å². The van der Waals surface area contributed by atoms with Crippen molar-refractivity contribution in [3.8, 4) is 0 Å². The van der Waals surface area contributed by atoms with Crippen LogP contribution < -0.4 is 5.32 Å². The standard InChI is InChI=1S/C9H20FNO/c1-11-7-3-5-9-12-8-4-2-6-10/h11H,2-9H2,1H3. The maximum Gasteiger partial charge on any atom is 0.0895 e. The minimum absolute atomic E-state index is 0.219. The highest BCUT2D eigenvalue weighted by molar-refractivity contribution is 4.42. The molecule has 0 saturated heterocycles. The molecule has 3 heteroatoms. The van der Waals surface area contributed by atoms with Gasteiger partial charge in [0, 0.05) is 13.2 Å². The average Bonchev–Trinajstić information content (AvgIpc) is 2.10. The normalized spacial score (nSPS) is 10.5. The quantitative estimate of drug-likeness (QED) is 0.542. The maximum atomic E-state index is 11.6. The number of halogens is 1. The van der Waals surface area contributed by atoms with Crippen LogP contribution in [0.3, 0.4) is 0 Å². The zero-order chi connectivity index (χ0) is 9.07. The van der Waals surface area contributed by atoms with Crippen molar-refractivity contribution in [2.24, 2.45) is 0 Å². The van der Waals surface area contributed by atoms with Gasteiger partial charge in [0.15, 0.2) is 0 Å².